The molecule has 192 valence electrons. The minimum absolute atomic E-state index is 0.193. The number of anilines is 1. The third-order valence-electron chi connectivity index (χ3n) is 5.66. The van der Waals surface area contributed by atoms with Crippen LogP contribution >= 0.6 is 0 Å². The summed E-state index contributed by atoms with van der Waals surface area (Å²) in [6.07, 6.45) is -4.25. The molecule has 37 heavy (non-hydrogen) atoms. The third kappa shape index (κ3) is 6.25. The average Bonchev–Trinajstić information content (AvgIpc) is 3.37. The standard InChI is InChI=1S/C28H27F3N4O2/c1-2-14-37-26(20-9-4-3-5-10-20)21-11-7-12-22(16-21)33-27(36)24-17-25(28(29,30)31)34-35(24)23-13-6-8-19(15-23)18-32/h3-13,15-17,26H,2,14,18,32H2,1H3,(H,33,36). The van der Waals surface area contributed by atoms with Crippen molar-refractivity contribution in [1.82, 2.24) is 9.78 Å². The van der Waals surface area contributed by atoms with E-state index in [-0.39, 0.29) is 18.3 Å². The number of ether oxygens (including phenoxy) is 1. The molecule has 1 aromatic heterocycles. The van der Waals surface area contributed by atoms with Crippen LogP contribution in [0.25, 0.3) is 5.69 Å². The van der Waals surface area contributed by atoms with Gasteiger partial charge in [-0.1, -0.05) is 61.5 Å². The van der Waals surface area contributed by atoms with Gasteiger partial charge in [-0.05, 0) is 47.4 Å². The topological polar surface area (TPSA) is 82.2 Å². The van der Waals surface area contributed by atoms with E-state index in [1.54, 1.807) is 42.5 Å². The third-order valence-corrected chi connectivity index (χ3v) is 5.66. The number of nitrogens with zero attached hydrogens (tertiary/aromatic N) is 2. The van der Waals surface area contributed by atoms with Crippen LogP contribution in [0.15, 0.2) is 84.9 Å². The fourth-order valence-electron chi connectivity index (χ4n) is 3.92. The number of rotatable bonds is 9. The first-order valence-corrected chi connectivity index (χ1v) is 11.8. The molecule has 0 saturated heterocycles. The van der Waals surface area contributed by atoms with Gasteiger partial charge in [-0.2, -0.15) is 18.3 Å². The van der Waals surface area contributed by atoms with Gasteiger partial charge < -0.3 is 15.8 Å². The highest BCUT2D eigenvalue weighted by atomic mass is 19.4. The molecule has 0 fully saturated rings. The first-order valence-electron chi connectivity index (χ1n) is 11.8. The van der Waals surface area contributed by atoms with Gasteiger partial charge in [0.05, 0.1) is 5.69 Å². The van der Waals surface area contributed by atoms with Crippen molar-refractivity contribution >= 4 is 11.6 Å². The van der Waals surface area contributed by atoms with Crippen molar-refractivity contribution in [2.45, 2.75) is 32.2 Å². The zero-order valence-corrected chi connectivity index (χ0v) is 20.2. The second-order valence-electron chi connectivity index (χ2n) is 8.44. The average molecular weight is 509 g/mol. The number of halogens is 3. The van der Waals surface area contributed by atoms with Crippen molar-refractivity contribution in [2.24, 2.45) is 5.73 Å². The lowest BCUT2D eigenvalue weighted by Gasteiger charge is -2.19. The molecule has 0 aliphatic carbocycles. The Balaban J connectivity index is 1.67. The molecule has 0 spiro atoms. The number of aromatic nitrogens is 2. The Bertz CT molecular complexity index is 1350. The van der Waals surface area contributed by atoms with E-state index in [1.165, 1.54) is 0 Å². The number of nitrogens with two attached hydrogens (primary N) is 1. The summed E-state index contributed by atoms with van der Waals surface area (Å²) < 4.78 is 47.6. The monoisotopic (exact) mass is 508 g/mol. The van der Waals surface area contributed by atoms with Gasteiger partial charge >= 0.3 is 6.18 Å². The van der Waals surface area contributed by atoms with Gasteiger partial charge in [0.1, 0.15) is 11.8 Å². The van der Waals surface area contributed by atoms with Gasteiger partial charge in [-0.15, -0.1) is 0 Å². The zero-order valence-electron chi connectivity index (χ0n) is 20.2. The highest BCUT2D eigenvalue weighted by molar-refractivity contribution is 6.03. The molecule has 1 amide bonds. The first kappa shape index (κ1) is 26.1. The van der Waals surface area contributed by atoms with Gasteiger partial charge in [0.15, 0.2) is 5.69 Å². The van der Waals surface area contributed by atoms with Crippen molar-refractivity contribution in [2.75, 3.05) is 11.9 Å². The summed E-state index contributed by atoms with van der Waals surface area (Å²) in [5.41, 5.74) is 7.43. The lowest BCUT2D eigenvalue weighted by Crippen LogP contribution is -2.17. The number of hydrogen-bond donors (Lipinski definition) is 2. The van der Waals surface area contributed by atoms with Crippen LogP contribution in [-0.2, 0) is 17.5 Å². The normalized spacial score (nSPS) is 12.4. The van der Waals surface area contributed by atoms with Crippen LogP contribution in [0.1, 0.15) is 52.3 Å². The van der Waals surface area contributed by atoms with E-state index in [4.69, 9.17) is 10.5 Å². The Morgan fingerprint density at radius 2 is 1.73 bits per heavy atom. The second-order valence-corrected chi connectivity index (χ2v) is 8.44. The highest BCUT2D eigenvalue weighted by Gasteiger charge is 2.36. The van der Waals surface area contributed by atoms with Crippen LogP contribution in [0, 0.1) is 0 Å². The molecule has 0 aliphatic rings. The molecular weight excluding hydrogens is 481 g/mol. The Kier molecular flexibility index (Phi) is 8.05. The molecule has 6 nitrogen and oxygen atoms in total. The summed E-state index contributed by atoms with van der Waals surface area (Å²) in [5, 5.41) is 6.40. The molecule has 4 aromatic rings. The van der Waals surface area contributed by atoms with Gasteiger partial charge in [0, 0.05) is 24.9 Å². The Labute approximate surface area is 212 Å². The van der Waals surface area contributed by atoms with E-state index < -0.39 is 17.8 Å². The number of hydrogen-bond acceptors (Lipinski definition) is 4. The molecule has 1 unspecified atom stereocenters. The summed E-state index contributed by atoms with van der Waals surface area (Å²) in [6, 6.07) is 24.0. The lowest BCUT2D eigenvalue weighted by molar-refractivity contribution is -0.141. The van der Waals surface area contributed by atoms with E-state index in [9.17, 15) is 18.0 Å². The summed E-state index contributed by atoms with van der Waals surface area (Å²) >= 11 is 0. The van der Waals surface area contributed by atoms with Crippen molar-refractivity contribution in [1.29, 1.82) is 0 Å². The quantitative estimate of drug-likeness (QED) is 0.286. The minimum atomic E-state index is -4.72. The number of nitrogens with one attached hydrogen (secondary N) is 1. The summed E-state index contributed by atoms with van der Waals surface area (Å²) in [5.74, 6) is -0.732. The van der Waals surface area contributed by atoms with Crippen LogP contribution in [0.3, 0.4) is 0 Å². The maximum atomic E-state index is 13.5. The molecule has 9 heteroatoms. The molecule has 3 N–H and O–H groups in total. The zero-order chi connectivity index (χ0) is 26.4. The van der Waals surface area contributed by atoms with E-state index in [0.717, 1.165) is 28.3 Å². The largest absolute Gasteiger partial charge is 0.435 e. The molecule has 0 saturated carbocycles. The van der Waals surface area contributed by atoms with Crippen LogP contribution < -0.4 is 11.1 Å². The van der Waals surface area contributed by atoms with Crippen molar-refractivity contribution in [3.05, 3.63) is 113 Å². The van der Waals surface area contributed by atoms with Crippen LogP contribution in [0.5, 0.6) is 0 Å². The molecule has 0 bridgehead atoms. The predicted octanol–water partition coefficient (Wildman–Crippen LogP) is 6.12. The maximum Gasteiger partial charge on any atom is 0.435 e. The summed E-state index contributed by atoms with van der Waals surface area (Å²) in [7, 11) is 0. The number of alkyl halides is 3. The molecule has 4 rings (SSSR count). The molecule has 0 aliphatic heterocycles. The van der Waals surface area contributed by atoms with Crippen molar-refractivity contribution in [3.63, 3.8) is 0 Å². The number of benzene rings is 3. The van der Waals surface area contributed by atoms with Crippen molar-refractivity contribution < 1.29 is 22.7 Å². The summed E-state index contributed by atoms with van der Waals surface area (Å²) in [4.78, 5) is 13.2. The van der Waals surface area contributed by atoms with E-state index in [2.05, 4.69) is 10.4 Å². The fraction of sp³-hybridized carbons (Fsp3) is 0.214. The first-order chi connectivity index (χ1) is 17.8. The predicted molar refractivity (Wildman–Crippen MR) is 135 cm³/mol. The number of carbonyl (C=O) groups is 1. The Morgan fingerprint density at radius 3 is 2.43 bits per heavy atom. The van der Waals surface area contributed by atoms with Gasteiger partial charge in [0.25, 0.3) is 5.91 Å². The number of amides is 1. The molecule has 1 atom stereocenters. The van der Waals surface area contributed by atoms with Crippen LogP contribution in [0.4, 0.5) is 18.9 Å². The SMILES string of the molecule is CCCOC(c1ccccc1)c1cccc(NC(=O)c2cc(C(F)(F)F)nn2-c2cccc(CN)c2)c1. The van der Waals surface area contributed by atoms with Gasteiger partial charge in [0.2, 0.25) is 0 Å². The second kappa shape index (κ2) is 11.4. The molecular formula is C28H27F3N4O2. The molecule has 1 heterocycles. The Morgan fingerprint density at radius 1 is 1.00 bits per heavy atom. The Hall–Kier alpha value is -3.95. The van der Waals surface area contributed by atoms with E-state index in [1.807, 2.05) is 43.3 Å². The molecule has 0 radical (unpaired) electrons. The molecule has 3 aromatic carbocycles. The lowest BCUT2D eigenvalue weighted by atomic mass is 10.0. The van der Waals surface area contributed by atoms with Gasteiger partial charge in [-0.25, -0.2) is 4.68 Å². The minimum Gasteiger partial charge on any atom is -0.369 e. The maximum absolute atomic E-state index is 13.5. The van der Waals surface area contributed by atoms with E-state index in [0.29, 0.717) is 23.5 Å². The summed E-state index contributed by atoms with van der Waals surface area (Å²) in [6.45, 7) is 2.75. The van der Waals surface area contributed by atoms with Crippen LogP contribution in [-0.4, -0.2) is 22.3 Å². The van der Waals surface area contributed by atoms with E-state index >= 15 is 0 Å². The van der Waals surface area contributed by atoms with Gasteiger partial charge in [-0.3, -0.25) is 4.79 Å². The number of carbonyl (C=O) groups excluding carboxylic acids is 1. The highest BCUT2D eigenvalue weighted by Crippen LogP contribution is 2.31. The van der Waals surface area contributed by atoms with Crippen molar-refractivity contribution in [3.8, 4) is 5.69 Å². The fourth-order valence-corrected chi connectivity index (χ4v) is 3.92. The smallest absolute Gasteiger partial charge is 0.369 e. The van der Waals surface area contributed by atoms with Crippen LogP contribution in [0.2, 0.25) is 0 Å².